The number of fused-ring (bicyclic) bond motifs is 1. The largest absolute Gasteiger partial charge is 0.346 e. The van der Waals surface area contributed by atoms with Crippen molar-refractivity contribution < 1.29 is 4.79 Å². The second-order valence-electron chi connectivity index (χ2n) is 7.58. The molecule has 1 atom stereocenters. The maximum absolute atomic E-state index is 12.9. The molecular weight excluding hydrogens is 360 g/mol. The van der Waals surface area contributed by atoms with Gasteiger partial charge in [0, 0.05) is 23.8 Å². The first-order chi connectivity index (χ1) is 14.0. The number of nitrogens with one attached hydrogen (secondary N) is 1. The third-order valence-electron chi connectivity index (χ3n) is 5.56. The molecule has 1 N–H and O–H groups in total. The van der Waals surface area contributed by atoms with Gasteiger partial charge in [-0.05, 0) is 51.0 Å². The third kappa shape index (κ3) is 3.56. The number of aromatic nitrogens is 3. The molecule has 5 nitrogen and oxygen atoms in total. The van der Waals surface area contributed by atoms with Gasteiger partial charge in [-0.3, -0.25) is 4.79 Å². The maximum atomic E-state index is 12.9. The average molecular weight is 386 g/mol. The monoisotopic (exact) mass is 386 g/mol. The summed E-state index contributed by atoms with van der Waals surface area (Å²) in [7, 11) is 0. The van der Waals surface area contributed by atoms with Gasteiger partial charge in [0.25, 0.3) is 5.91 Å². The SMILES string of the molecule is Cc1cccn2cc(CNC(=O)c3cc(C)n([C@H](C)c4ccccc4)c3C)nc12. The second kappa shape index (κ2) is 7.59. The van der Waals surface area contributed by atoms with Gasteiger partial charge in [0.1, 0.15) is 5.65 Å². The first kappa shape index (κ1) is 19.0. The molecule has 0 saturated heterocycles. The molecule has 4 rings (SSSR count). The highest BCUT2D eigenvalue weighted by Gasteiger charge is 2.19. The van der Waals surface area contributed by atoms with E-state index in [1.165, 1.54) is 5.56 Å². The quantitative estimate of drug-likeness (QED) is 0.545. The van der Waals surface area contributed by atoms with Crippen LogP contribution >= 0.6 is 0 Å². The molecule has 0 aliphatic rings. The number of pyridine rings is 1. The number of aryl methyl sites for hydroxylation is 2. The van der Waals surface area contributed by atoms with Crippen molar-refractivity contribution in [2.75, 3.05) is 0 Å². The zero-order chi connectivity index (χ0) is 20.5. The lowest BCUT2D eigenvalue weighted by Crippen LogP contribution is -2.23. The average Bonchev–Trinajstić information content (AvgIpc) is 3.27. The Morgan fingerprint density at radius 2 is 1.86 bits per heavy atom. The van der Waals surface area contributed by atoms with Crippen LogP contribution in [0.2, 0.25) is 0 Å². The highest BCUT2D eigenvalue weighted by molar-refractivity contribution is 5.95. The molecule has 0 spiro atoms. The van der Waals surface area contributed by atoms with Crippen LogP contribution in [0.3, 0.4) is 0 Å². The fourth-order valence-corrected chi connectivity index (χ4v) is 4.04. The van der Waals surface area contributed by atoms with E-state index < -0.39 is 0 Å². The predicted octanol–water partition coefficient (Wildman–Crippen LogP) is 4.60. The van der Waals surface area contributed by atoms with E-state index in [0.29, 0.717) is 12.1 Å². The smallest absolute Gasteiger partial charge is 0.253 e. The molecule has 0 unspecified atom stereocenters. The van der Waals surface area contributed by atoms with Crippen LogP contribution in [-0.4, -0.2) is 19.9 Å². The van der Waals surface area contributed by atoms with Crippen molar-refractivity contribution in [3.63, 3.8) is 0 Å². The van der Waals surface area contributed by atoms with Crippen molar-refractivity contribution in [1.29, 1.82) is 0 Å². The van der Waals surface area contributed by atoms with Crippen molar-refractivity contribution >= 4 is 11.6 Å². The Morgan fingerprint density at radius 1 is 1.10 bits per heavy atom. The summed E-state index contributed by atoms with van der Waals surface area (Å²) in [6.07, 6.45) is 3.93. The summed E-state index contributed by atoms with van der Waals surface area (Å²) < 4.78 is 4.21. The summed E-state index contributed by atoms with van der Waals surface area (Å²) in [6.45, 7) is 8.66. The number of rotatable bonds is 5. The minimum Gasteiger partial charge on any atom is -0.346 e. The van der Waals surface area contributed by atoms with Crippen LogP contribution in [0.25, 0.3) is 5.65 Å². The van der Waals surface area contributed by atoms with Crippen LogP contribution in [0.15, 0.2) is 60.9 Å². The Kier molecular flexibility index (Phi) is 4.97. The lowest BCUT2D eigenvalue weighted by atomic mass is 10.1. The molecule has 1 amide bonds. The molecule has 148 valence electrons. The topological polar surface area (TPSA) is 51.3 Å². The minimum absolute atomic E-state index is 0.0709. The van der Waals surface area contributed by atoms with E-state index in [0.717, 1.165) is 28.3 Å². The molecule has 0 aliphatic heterocycles. The van der Waals surface area contributed by atoms with E-state index in [1.54, 1.807) is 0 Å². The molecule has 1 aromatic carbocycles. The fourth-order valence-electron chi connectivity index (χ4n) is 4.04. The number of nitrogens with zero attached hydrogens (tertiary/aromatic N) is 3. The molecule has 29 heavy (non-hydrogen) atoms. The Labute approximate surface area is 171 Å². The van der Waals surface area contributed by atoms with E-state index in [2.05, 4.69) is 33.9 Å². The zero-order valence-electron chi connectivity index (χ0n) is 17.3. The van der Waals surface area contributed by atoms with Crippen molar-refractivity contribution in [2.24, 2.45) is 0 Å². The van der Waals surface area contributed by atoms with E-state index in [1.807, 2.05) is 74.0 Å². The van der Waals surface area contributed by atoms with Gasteiger partial charge in [-0.1, -0.05) is 36.4 Å². The predicted molar refractivity (Wildman–Crippen MR) is 115 cm³/mol. The number of imidazole rings is 1. The van der Waals surface area contributed by atoms with Crippen LogP contribution in [0, 0.1) is 20.8 Å². The van der Waals surface area contributed by atoms with Gasteiger partial charge in [0.05, 0.1) is 23.8 Å². The van der Waals surface area contributed by atoms with Gasteiger partial charge >= 0.3 is 0 Å². The summed E-state index contributed by atoms with van der Waals surface area (Å²) in [6, 6.07) is 16.5. The Morgan fingerprint density at radius 3 is 2.59 bits per heavy atom. The van der Waals surface area contributed by atoms with Gasteiger partial charge in [-0.2, -0.15) is 0 Å². The molecule has 0 saturated carbocycles. The Bertz CT molecular complexity index is 1170. The number of carbonyl (C=O) groups excluding carboxylic acids is 1. The van der Waals surface area contributed by atoms with Crippen molar-refractivity contribution in [3.8, 4) is 0 Å². The molecule has 5 heteroatoms. The fraction of sp³-hybridized carbons (Fsp3) is 0.250. The van der Waals surface area contributed by atoms with Gasteiger partial charge in [-0.25, -0.2) is 4.98 Å². The van der Waals surface area contributed by atoms with Crippen LogP contribution in [0.4, 0.5) is 0 Å². The number of hydrogen-bond acceptors (Lipinski definition) is 2. The minimum atomic E-state index is -0.0709. The Hall–Kier alpha value is -3.34. The molecular formula is C24H26N4O. The van der Waals surface area contributed by atoms with E-state index in [9.17, 15) is 4.79 Å². The summed E-state index contributed by atoms with van der Waals surface area (Å²) in [4.78, 5) is 17.5. The van der Waals surface area contributed by atoms with Crippen molar-refractivity contribution in [3.05, 3.63) is 94.7 Å². The van der Waals surface area contributed by atoms with Crippen LogP contribution in [0.5, 0.6) is 0 Å². The Balaban J connectivity index is 1.53. The number of carbonyl (C=O) groups is 1. The second-order valence-corrected chi connectivity index (χ2v) is 7.58. The highest BCUT2D eigenvalue weighted by Crippen LogP contribution is 2.25. The van der Waals surface area contributed by atoms with Crippen LogP contribution in [0.1, 0.15) is 51.5 Å². The molecule has 3 aromatic heterocycles. The van der Waals surface area contributed by atoms with Crippen LogP contribution < -0.4 is 5.32 Å². The highest BCUT2D eigenvalue weighted by atomic mass is 16.1. The van der Waals surface area contributed by atoms with Gasteiger partial charge in [-0.15, -0.1) is 0 Å². The number of amides is 1. The van der Waals surface area contributed by atoms with Gasteiger partial charge < -0.3 is 14.3 Å². The van der Waals surface area contributed by atoms with Gasteiger partial charge in [0.2, 0.25) is 0 Å². The van der Waals surface area contributed by atoms with E-state index in [4.69, 9.17) is 0 Å². The first-order valence-corrected chi connectivity index (χ1v) is 9.90. The summed E-state index contributed by atoms with van der Waals surface area (Å²) in [5.74, 6) is -0.0709. The van der Waals surface area contributed by atoms with Crippen molar-refractivity contribution in [2.45, 2.75) is 40.3 Å². The standard InChI is InChI=1S/C24H26N4O/c1-16-9-8-12-27-15-21(26-23(16)27)14-25-24(29)22-13-17(2)28(19(22)4)18(3)20-10-6-5-7-11-20/h5-13,15,18H,14H2,1-4H3,(H,25,29)/t18-/m1/s1. The lowest BCUT2D eigenvalue weighted by Gasteiger charge is -2.19. The summed E-state index contributed by atoms with van der Waals surface area (Å²) >= 11 is 0. The molecule has 4 aromatic rings. The number of hydrogen-bond donors (Lipinski definition) is 1. The van der Waals surface area contributed by atoms with E-state index in [-0.39, 0.29) is 11.9 Å². The summed E-state index contributed by atoms with van der Waals surface area (Å²) in [5.41, 5.74) is 6.87. The molecule has 0 fully saturated rings. The molecule has 0 radical (unpaired) electrons. The molecule has 3 heterocycles. The van der Waals surface area contributed by atoms with Gasteiger partial charge in [0.15, 0.2) is 0 Å². The normalized spacial score (nSPS) is 12.3. The zero-order valence-corrected chi connectivity index (χ0v) is 17.3. The number of benzene rings is 1. The van der Waals surface area contributed by atoms with Crippen molar-refractivity contribution in [1.82, 2.24) is 19.3 Å². The maximum Gasteiger partial charge on any atom is 0.253 e. The third-order valence-corrected chi connectivity index (χ3v) is 5.56. The summed E-state index contributed by atoms with van der Waals surface area (Å²) in [5, 5.41) is 3.03. The van der Waals surface area contributed by atoms with E-state index >= 15 is 0 Å². The molecule has 0 bridgehead atoms. The molecule has 0 aliphatic carbocycles. The first-order valence-electron chi connectivity index (χ1n) is 9.90. The lowest BCUT2D eigenvalue weighted by molar-refractivity contribution is 0.0949. The van der Waals surface area contributed by atoms with Crippen LogP contribution in [-0.2, 0) is 6.54 Å².